The Hall–Kier alpha value is -2.53. The van der Waals surface area contributed by atoms with Crippen molar-refractivity contribution in [3.8, 4) is 0 Å². The van der Waals surface area contributed by atoms with Crippen LogP contribution in [0.1, 0.15) is 290 Å². The number of unbranched alkanes of at least 4 members (excludes halogenated alkanes) is 33. The molecule has 1 heterocycles. The number of carbonyl (C=O) groups excluding carboxylic acids is 3. The van der Waals surface area contributed by atoms with E-state index >= 15 is 0 Å². The van der Waals surface area contributed by atoms with E-state index in [1.807, 2.05) is 0 Å². The van der Waals surface area contributed by atoms with Gasteiger partial charge in [-0.1, -0.05) is 211 Å². The number of allylic oxidation sites excluding steroid dienone is 6. The Balaban J connectivity index is 0.0000121. The van der Waals surface area contributed by atoms with Crippen LogP contribution in [-0.4, -0.2) is 84.1 Å². The summed E-state index contributed by atoms with van der Waals surface area (Å²) >= 11 is 0. The Bertz CT molecular complexity index is 1260. The molecule has 0 aromatic rings. The van der Waals surface area contributed by atoms with Gasteiger partial charge in [-0.2, -0.15) is 0 Å². The highest BCUT2D eigenvalue weighted by Crippen LogP contribution is 2.27. The molecule has 1 aliphatic rings. The summed E-state index contributed by atoms with van der Waals surface area (Å²) in [6.45, 7) is 6.05. The van der Waals surface area contributed by atoms with Crippen molar-refractivity contribution in [3.05, 3.63) is 36.5 Å². The predicted molar refractivity (Wildman–Crippen MR) is 299 cm³/mol. The maximum atomic E-state index is 13.2. The van der Waals surface area contributed by atoms with Gasteiger partial charge in [-0.25, -0.2) is 0 Å². The van der Waals surface area contributed by atoms with Crippen LogP contribution in [0.5, 0.6) is 0 Å². The first-order chi connectivity index (χ1) is 35.4. The van der Waals surface area contributed by atoms with Crippen LogP contribution in [-0.2, 0) is 33.3 Å². The minimum absolute atomic E-state index is 0.0103. The second-order valence-corrected chi connectivity index (χ2v) is 20.4. The van der Waals surface area contributed by atoms with Crippen molar-refractivity contribution < 1.29 is 48.7 Å². The van der Waals surface area contributed by atoms with Crippen molar-refractivity contribution in [2.45, 2.75) is 315 Å². The first-order valence-corrected chi connectivity index (χ1v) is 30.4. The van der Waals surface area contributed by atoms with Crippen molar-refractivity contribution in [3.63, 3.8) is 0 Å². The lowest BCUT2D eigenvalue weighted by atomic mass is 10.1. The molecule has 0 unspecified atom stereocenters. The zero-order valence-electron chi connectivity index (χ0n) is 47.0. The van der Waals surface area contributed by atoms with Gasteiger partial charge in [-0.15, -0.1) is 0 Å². The molecule has 0 radical (unpaired) electrons. The molecular weight excluding hydrogens is 905 g/mol. The number of aliphatic hydroxyl groups is 3. The molecule has 10 heteroatoms. The molecule has 0 spiro atoms. The molecule has 1 saturated heterocycles. The molecule has 0 aromatic carbocycles. The summed E-state index contributed by atoms with van der Waals surface area (Å²) in [5.74, 6) is -1.15. The average Bonchev–Trinajstić information content (AvgIpc) is 3.76. The van der Waals surface area contributed by atoms with E-state index < -0.39 is 43.0 Å². The lowest BCUT2D eigenvalue weighted by Gasteiger charge is -2.28. The average molecular weight is 1020 g/mol. The number of esters is 3. The van der Waals surface area contributed by atoms with Gasteiger partial charge in [-0.05, 0) is 96.3 Å². The topological polar surface area (TPSA) is 149 Å². The molecule has 3 N–H and O–H groups in total. The van der Waals surface area contributed by atoms with E-state index in [1.54, 1.807) is 0 Å². The van der Waals surface area contributed by atoms with Gasteiger partial charge in [0.05, 0.1) is 26.4 Å². The minimum Gasteiger partial charge on any atom is -0.457 e. The van der Waals surface area contributed by atoms with Gasteiger partial charge in [0, 0.05) is 19.3 Å². The highest BCUT2D eigenvalue weighted by molar-refractivity contribution is 5.71. The number of carbonyl (C=O) groups is 3. The standard InChI is InChI=1S/C60H108O8.C2H6O2/c1-4-7-10-13-16-19-22-25-28-31-34-37-40-43-46-49-56(62)66-54(52-61)59-60(68-58(64)51-48-45-42-39-36-33-30-27-24-21-18-15-12-9-6-3)55(53-65-59)67-57(63)50-47-44-41-38-35-32-29-26-23-20-17-14-11-8-5-2;3-1-2-4/h25-30,54-55,59-61H,4-24,31-53H2,1-3H3;3-4H,1-2H2/b28-25-,29-26-,30-27-;/t54-,55+,59-,60-;/m1./s1. The maximum absolute atomic E-state index is 13.2. The fourth-order valence-electron chi connectivity index (χ4n) is 9.06. The highest BCUT2D eigenvalue weighted by atomic mass is 16.6. The number of hydrogen-bond donors (Lipinski definition) is 3. The summed E-state index contributed by atoms with van der Waals surface area (Å²) in [4.78, 5) is 39.3. The number of rotatable bonds is 51. The molecule has 72 heavy (non-hydrogen) atoms. The van der Waals surface area contributed by atoms with Crippen LogP contribution in [0.4, 0.5) is 0 Å². The third kappa shape index (κ3) is 46.0. The van der Waals surface area contributed by atoms with E-state index in [0.29, 0.717) is 12.8 Å². The highest BCUT2D eigenvalue weighted by Gasteiger charge is 2.47. The molecule has 1 fully saturated rings. The fraction of sp³-hybridized carbons (Fsp3) is 0.855. The quantitative estimate of drug-likeness (QED) is 0.0233. The first kappa shape index (κ1) is 69.5. The Morgan fingerprint density at radius 1 is 0.417 bits per heavy atom. The van der Waals surface area contributed by atoms with Gasteiger partial charge in [0.1, 0.15) is 6.10 Å². The SMILES string of the molecule is CCCCCCCC/C=C\CCCCCCCC(=O)O[C@H]1[C@@H]([C@@H](CO)OC(=O)CCCCCCC/C=C\CCCCCCCC)OC[C@@H]1OC(=O)CCCCCCC/C=C\CCCCCCCC.OCCO. The normalized spacial score (nSPS) is 16.2. The van der Waals surface area contributed by atoms with Gasteiger partial charge in [-0.3, -0.25) is 14.4 Å². The Labute approximate surface area is 442 Å². The van der Waals surface area contributed by atoms with Crippen molar-refractivity contribution in [2.75, 3.05) is 26.4 Å². The molecule has 4 atom stereocenters. The molecule has 1 rings (SSSR count). The Kier molecular flexibility index (Phi) is 54.2. The van der Waals surface area contributed by atoms with E-state index in [2.05, 4.69) is 57.2 Å². The van der Waals surface area contributed by atoms with Crippen molar-refractivity contribution in [1.29, 1.82) is 0 Å². The Morgan fingerprint density at radius 3 is 1.03 bits per heavy atom. The zero-order valence-corrected chi connectivity index (χ0v) is 47.0. The number of ether oxygens (including phenoxy) is 4. The van der Waals surface area contributed by atoms with Gasteiger partial charge in [0.15, 0.2) is 18.3 Å². The zero-order chi connectivity index (χ0) is 52.6. The molecule has 422 valence electrons. The van der Waals surface area contributed by atoms with E-state index in [-0.39, 0.29) is 45.1 Å². The van der Waals surface area contributed by atoms with Crippen molar-refractivity contribution in [2.24, 2.45) is 0 Å². The van der Waals surface area contributed by atoms with E-state index in [4.69, 9.17) is 29.2 Å². The van der Waals surface area contributed by atoms with Crippen LogP contribution in [0.2, 0.25) is 0 Å². The summed E-state index contributed by atoms with van der Waals surface area (Å²) in [6, 6.07) is 0. The monoisotopic (exact) mass is 1020 g/mol. The number of aliphatic hydroxyl groups excluding tert-OH is 3. The number of hydrogen-bond acceptors (Lipinski definition) is 10. The summed E-state index contributed by atoms with van der Waals surface area (Å²) < 4.78 is 23.6. The molecule has 1 aliphatic heterocycles. The maximum Gasteiger partial charge on any atom is 0.306 e. The van der Waals surface area contributed by atoms with E-state index in [0.717, 1.165) is 103 Å². The lowest BCUT2D eigenvalue weighted by Crippen LogP contribution is -2.46. The van der Waals surface area contributed by atoms with Crippen molar-refractivity contribution in [1.82, 2.24) is 0 Å². The van der Waals surface area contributed by atoms with Crippen LogP contribution >= 0.6 is 0 Å². The second-order valence-electron chi connectivity index (χ2n) is 20.4. The van der Waals surface area contributed by atoms with Crippen LogP contribution in [0, 0.1) is 0 Å². The third-order valence-electron chi connectivity index (χ3n) is 13.6. The molecule has 0 bridgehead atoms. The summed E-state index contributed by atoms with van der Waals surface area (Å²) in [5.41, 5.74) is 0. The van der Waals surface area contributed by atoms with Gasteiger partial charge in [0.2, 0.25) is 0 Å². The fourth-order valence-corrected chi connectivity index (χ4v) is 9.06. The van der Waals surface area contributed by atoms with Crippen molar-refractivity contribution >= 4 is 17.9 Å². The summed E-state index contributed by atoms with van der Waals surface area (Å²) in [7, 11) is 0. The third-order valence-corrected chi connectivity index (χ3v) is 13.6. The van der Waals surface area contributed by atoms with Gasteiger partial charge >= 0.3 is 17.9 Å². The van der Waals surface area contributed by atoms with Gasteiger partial charge in [0.25, 0.3) is 0 Å². The minimum atomic E-state index is -1.03. The van der Waals surface area contributed by atoms with Crippen LogP contribution in [0.3, 0.4) is 0 Å². The molecule has 0 amide bonds. The van der Waals surface area contributed by atoms with Crippen LogP contribution < -0.4 is 0 Å². The van der Waals surface area contributed by atoms with Crippen LogP contribution in [0.25, 0.3) is 0 Å². The molecule has 0 saturated carbocycles. The van der Waals surface area contributed by atoms with E-state index in [9.17, 15) is 19.5 Å². The second kappa shape index (κ2) is 56.2. The summed E-state index contributed by atoms with van der Waals surface area (Å²) in [6.07, 6.45) is 56.9. The largest absolute Gasteiger partial charge is 0.457 e. The summed E-state index contributed by atoms with van der Waals surface area (Å²) in [5, 5.41) is 25.6. The predicted octanol–water partition coefficient (Wildman–Crippen LogP) is 16.2. The smallest absolute Gasteiger partial charge is 0.306 e. The Morgan fingerprint density at radius 2 is 0.708 bits per heavy atom. The van der Waals surface area contributed by atoms with Gasteiger partial charge < -0.3 is 34.3 Å². The lowest BCUT2D eigenvalue weighted by molar-refractivity contribution is -0.175. The first-order valence-electron chi connectivity index (χ1n) is 30.4. The van der Waals surface area contributed by atoms with Crippen LogP contribution in [0.15, 0.2) is 36.5 Å². The molecule has 10 nitrogen and oxygen atoms in total. The molecule has 0 aromatic heterocycles. The molecule has 0 aliphatic carbocycles. The van der Waals surface area contributed by atoms with E-state index in [1.165, 1.54) is 135 Å². The molecular formula is C62H114O10.